The van der Waals surface area contributed by atoms with Gasteiger partial charge in [0, 0.05) is 29.4 Å². The van der Waals surface area contributed by atoms with Gasteiger partial charge in [0.05, 0.1) is 6.61 Å². The van der Waals surface area contributed by atoms with E-state index in [0.29, 0.717) is 13.2 Å². The van der Waals surface area contributed by atoms with Gasteiger partial charge >= 0.3 is 0 Å². The molecule has 3 aromatic rings. The third-order valence-corrected chi connectivity index (χ3v) is 5.44. The average Bonchev–Trinajstić information content (AvgIpc) is 2.75. The Morgan fingerprint density at radius 2 is 1.46 bits per heavy atom. The number of aryl methyl sites for hydroxylation is 1. The highest BCUT2D eigenvalue weighted by molar-refractivity contribution is 9.10. The predicted octanol–water partition coefficient (Wildman–Crippen LogP) is 6.01. The van der Waals surface area contributed by atoms with Crippen LogP contribution in [0.4, 0.5) is 0 Å². The molecule has 3 rings (SSSR count). The van der Waals surface area contributed by atoms with Gasteiger partial charge in [-0.3, -0.25) is 0 Å². The van der Waals surface area contributed by atoms with E-state index in [1.165, 1.54) is 22.3 Å². The summed E-state index contributed by atoms with van der Waals surface area (Å²) >= 11 is 3.69. The first-order valence-electron chi connectivity index (χ1n) is 9.65. The molecule has 0 unspecified atom stereocenters. The van der Waals surface area contributed by atoms with Crippen molar-refractivity contribution in [2.24, 2.45) is 5.73 Å². The molecule has 2 N–H and O–H groups in total. The fourth-order valence-electron chi connectivity index (χ4n) is 3.23. The molecule has 0 atom stereocenters. The monoisotopic (exact) mass is 435 g/mol. The molecule has 0 fully saturated rings. The molecule has 0 bridgehead atoms. The van der Waals surface area contributed by atoms with E-state index in [-0.39, 0.29) is 0 Å². The van der Waals surface area contributed by atoms with Gasteiger partial charge in [-0.15, -0.1) is 0 Å². The molecule has 0 aromatic heterocycles. The molecule has 0 aliphatic rings. The van der Waals surface area contributed by atoms with Crippen molar-refractivity contribution in [3.8, 4) is 0 Å². The molecular weight excluding hydrogens is 410 g/mol. The van der Waals surface area contributed by atoms with Crippen LogP contribution < -0.4 is 5.73 Å². The normalized spacial score (nSPS) is 11.8. The third-order valence-electron chi connectivity index (χ3n) is 4.66. The standard InChI is InChI=1S/C25H26BrNO/c26-24-14-8-7-13-22(24)19-23(21-11-5-2-6-12-21)25(28-18-17-27)16-15-20-9-3-1-4-10-20/h1-14H,15-19,27H2/b25-23-. The topological polar surface area (TPSA) is 35.2 Å². The van der Waals surface area contributed by atoms with Crippen LogP contribution >= 0.6 is 15.9 Å². The molecule has 3 heteroatoms. The van der Waals surface area contributed by atoms with Crippen LogP contribution in [0.25, 0.3) is 5.57 Å². The molecule has 0 radical (unpaired) electrons. The largest absolute Gasteiger partial charge is 0.496 e. The van der Waals surface area contributed by atoms with E-state index in [1.54, 1.807) is 0 Å². The number of nitrogens with two attached hydrogens (primary N) is 1. The van der Waals surface area contributed by atoms with Crippen molar-refractivity contribution in [3.63, 3.8) is 0 Å². The molecule has 0 aliphatic heterocycles. The summed E-state index contributed by atoms with van der Waals surface area (Å²) in [4.78, 5) is 0. The summed E-state index contributed by atoms with van der Waals surface area (Å²) in [6.45, 7) is 1.03. The lowest BCUT2D eigenvalue weighted by Crippen LogP contribution is -2.10. The maximum atomic E-state index is 6.18. The molecule has 3 aromatic carbocycles. The lowest BCUT2D eigenvalue weighted by Gasteiger charge is -2.18. The van der Waals surface area contributed by atoms with Gasteiger partial charge in [-0.1, -0.05) is 94.8 Å². The van der Waals surface area contributed by atoms with E-state index in [1.807, 2.05) is 18.2 Å². The van der Waals surface area contributed by atoms with Crippen LogP contribution in [0.15, 0.2) is 95.2 Å². The van der Waals surface area contributed by atoms with Crippen molar-refractivity contribution in [1.29, 1.82) is 0 Å². The Kier molecular flexibility index (Phi) is 7.89. The zero-order chi connectivity index (χ0) is 19.6. The van der Waals surface area contributed by atoms with Crippen LogP contribution in [-0.2, 0) is 17.6 Å². The number of halogens is 1. The summed E-state index contributed by atoms with van der Waals surface area (Å²) in [5.41, 5.74) is 10.7. The Hall–Kier alpha value is -2.36. The van der Waals surface area contributed by atoms with E-state index in [4.69, 9.17) is 10.5 Å². The van der Waals surface area contributed by atoms with Gasteiger partial charge in [0.25, 0.3) is 0 Å². The Balaban J connectivity index is 1.97. The predicted molar refractivity (Wildman–Crippen MR) is 121 cm³/mol. The van der Waals surface area contributed by atoms with E-state index in [0.717, 1.165) is 29.5 Å². The van der Waals surface area contributed by atoms with Gasteiger partial charge in [-0.05, 0) is 29.2 Å². The smallest absolute Gasteiger partial charge is 0.100 e. The van der Waals surface area contributed by atoms with Crippen LogP contribution in [0.2, 0.25) is 0 Å². The van der Waals surface area contributed by atoms with Crippen LogP contribution in [0.3, 0.4) is 0 Å². The first-order valence-corrected chi connectivity index (χ1v) is 10.4. The maximum Gasteiger partial charge on any atom is 0.100 e. The SMILES string of the molecule is NCCO/C(CCc1ccccc1)=C(/Cc1ccccc1Br)c1ccccc1. The first-order chi connectivity index (χ1) is 13.8. The Morgan fingerprint density at radius 3 is 2.14 bits per heavy atom. The number of hydrogen-bond donors (Lipinski definition) is 1. The molecule has 2 nitrogen and oxygen atoms in total. The van der Waals surface area contributed by atoms with Crippen molar-refractivity contribution in [3.05, 3.63) is 112 Å². The summed E-state index contributed by atoms with van der Waals surface area (Å²) in [6.07, 6.45) is 2.59. The third kappa shape index (κ3) is 5.82. The van der Waals surface area contributed by atoms with E-state index in [9.17, 15) is 0 Å². The molecule has 28 heavy (non-hydrogen) atoms. The Morgan fingerprint density at radius 1 is 0.821 bits per heavy atom. The molecule has 0 amide bonds. The minimum absolute atomic E-state index is 0.506. The Labute approximate surface area is 176 Å². The highest BCUT2D eigenvalue weighted by atomic mass is 79.9. The first kappa shape index (κ1) is 20.4. The molecule has 144 valence electrons. The molecule has 0 saturated heterocycles. The summed E-state index contributed by atoms with van der Waals surface area (Å²) in [5, 5.41) is 0. The highest BCUT2D eigenvalue weighted by Gasteiger charge is 2.14. The van der Waals surface area contributed by atoms with Crippen molar-refractivity contribution < 1.29 is 4.74 Å². The lowest BCUT2D eigenvalue weighted by atomic mass is 9.95. The number of allylic oxidation sites excluding steroid dienone is 2. The molecule has 0 aliphatic carbocycles. The zero-order valence-electron chi connectivity index (χ0n) is 16.0. The summed E-state index contributed by atoms with van der Waals surface area (Å²) in [7, 11) is 0. The van der Waals surface area contributed by atoms with E-state index in [2.05, 4.69) is 82.7 Å². The van der Waals surface area contributed by atoms with Crippen molar-refractivity contribution in [1.82, 2.24) is 0 Å². The zero-order valence-corrected chi connectivity index (χ0v) is 17.6. The molecule has 0 heterocycles. The average molecular weight is 436 g/mol. The van der Waals surface area contributed by atoms with Gasteiger partial charge in [-0.25, -0.2) is 0 Å². The minimum atomic E-state index is 0.506. The van der Waals surface area contributed by atoms with Crippen LogP contribution in [0.5, 0.6) is 0 Å². The molecular formula is C25H26BrNO. The second-order valence-corrected chi connectivity index (χ2v) is 7.51. The summed E-state index contributed by atoms with van der Waals surface area (Å²) in [5.74, 6) is 1.02. The summed E-state index contributed by atoms with van der Waals surface area (Å²) < 4.78 is 7.30. The summed E-state index contributed by atoms with van der Waals surface area (Å²) in [6, 6.07) is 29.4. The van der Waals surface area contributed by atoms with Crippen molar-refractivity contribution >= 4 is 21.5 Å². The van der Waals surface area contributed by atoms with Gasteiger partial charge in [-0.2, -0.15) is 0 Å². The van der Waals surface area contributed by atoms with Crippen molar-refractivity contribution in [2.75, 3.05) is 13.2 Å². The Bertz CT molecular complexity index is 891. The van der Waals surface area contributed by atoms with Crippen molar-refractivity contribution in [2.45, 2.75) is 19.3 Å². The van der Waals surface area contributed by atoms with Crippen LogP contribution in [0.1, 0.15) is 23.1 Å². The minimum Gasteiger partial charge on any atom is -0.496 e. The quantitative estimate of drug-likeness (QED) is 0.417. The van der Waals surface area contributed by atoms with Crippen LogP contribution in [-0.4, -0.2) is 13.2 Å². The second kappa shape index (κ2) is 10.8. The highest BCUT2D eigenvalue weighted by Crippen LogP contribution is 2.29. The number of benzene rings is 3. The van der Waals surface area contributed by atoms with Gasteiger partial charge in [0.1, 0.15) is 5.76 Å². The van der Waals surface area contributed by atoms with Gasteiger partial charge in [0.15, 0.2) is 0 Å². The maximum absolute atomic E-state index is 6.18. The number of ether oxygens (including phenoxy) is 1. The second-order valence-electron chi connectivity index (χ2n) is 6.66. The van der Waals surface area contributed by atoms with Crippen LogP contribution in [0, 0.1) is 0 Å². The molecule has 0 saturated carbocycles. The lowest BCUT2D eigenvalue weighted by molar-refractivity contribution is 0.212. The number of hydrogen-bond acceptors (Lipinski definition) is 2. The fraction of sp³-hybridized carbons (Fsp3) is 0.200. The van der Waals surface area contributed by atoms with Gasteiger partial charge < -0.3 is 10.5 Å². The van der Waals surface area contributed by atoms with E-state index >= 15 is 0 Å². The van der Waals surface area contributed by atoms with E-state index < -0.39 is 0 Å². The molecule has 0 spiro atoms. The van der Waals surface area contributed by atoms with Gasteiger partial charge in [0.2, 0.25) is 0 Å². The fourth-order valence-corrected chi connectivity index (χ4v) is 3.65. The number of rotatable bonds is 9.